The van der Waals surface area contributed by atoms with Crippen LogP contribution in [0.4, 0.5) is 9.59 Å². The van der Waals surface area contributed by atoms with Crippen molar-refractivity contribution in [2.75, 3.05) is 20.3 Å². The van der Waals surface area contributed by atoms with E-state index in [4.69, 9.17) is 34.2 Å². The molecule has 11 heteroatoms. The van der Waals surface area contributed by atoms with Gasteiger partial charge in [-0.1, -0.05) is 65.8 Å². The van der Waals surface area contributed by atoms with Crippen LogP contribution in [0.25, 0.3) is 0 Å². The zero-order valence-electron chi connectivity index (χ0n) is 26.2. The molecule has 0 aliphatic heterocycles. The molecule has 1 unspecified atom stereocenters. The fourth-order valence-corrected chi connectivity index (χ4v) is 3.79. The zero-order valence-corrected chi connectivity index (χ0v) is 26.2. The van der Waals surface area contributed by atoms with Crippen LogP contribution >= 0.6 is 0 Å². The molecular weight excluding hydrogens is 558 g/mol. The smallest absolute Gasteiger partial charge is 0.468 e. The van der Waals surface area contributed by atoms with Crippen LogP contribution in [0.5, 0.6) is 11.5 Å². The summed E-state index contributed by atoms with van der Waals surface area (Å²) >= 11 is 0. The molecule has 0 radical (unpaired) electrons. The molecule has 2 rings (SSSR count). The highest BCUT2D eigenvalue weighted by Crippen LogP contribution is 2.32. The molecule has 0 bridgehead atoms. The summed E-state index contributed by atoms with van der Waals surface area (Å²) < 4.78 is 31.6. The highest BCUT2D eigenvalue weighted by molar-refractivity contribution is 5.89. The van der Waals surface area contributed by atoms with Crippen molar-refractivity contribution in [1.29, 1.82) is 0 Å². The topological polar surface area (TPSA) is 150 Å². The maximum absolute atomic E-state index is 12.9. The highest BCUT2D eigenvalue weighted by atomic mass is 16.7. The molecule has 0 fully saturated rings. The Bertz CT molecular complexity index is 1260. The zero-order chi connectivity index (χ0) is 32.4. The van der Waals surface area contributed by atoms with E-state index in [1.807, 2.05) is 41.5 Å². The van der Waals surface area contributed by atoms with E-state index in [0.717, 1.165) is 0 Å². The Labute approximate surface area is 252 Å². The minimum Gasteiger partial charge on any atom is -0.468 e. The van der Waals surface area contributed by atoms with Crippen molar-refractivity contribution in [2.45, 2.75) is 73.0 Å². The summed E-state index contributed by atoms with van der Waals surface area (Å²) in [6.07, 6.45) is -2.96. The third kappa shape index (κ3) is 12.3. The fourth-order valence-electron chi connectivity index (χ4n) is 3.79. The van der Waals surface area contributed by atoms with Crippen molar-refractivity contribution in [2.24, 2.45) is 16.6 Å². The van der Waals surface area contributed by atoms with E-state index in [0.29, 0.717) is 11.1 Å². The van der Waals surface area contributed by atoms with Crippen LogP contribution < -0.4 is 15.2 Å². The third-order valence-corrected chi connectivity index (χ3v) is 5.72. The molecule has 0 aliphatic rings. The van der Waals surface area contributed by atoms with Gasteiger partial charge in [0.05, 0.1) is 25.9 Å². The molecule has 0 heterocycles. The molecule has 2 aromatic carbocycles. The number of rotatable bonds is 11. The van der Waals surface area contributed by atoms with Crippen molar-refractivity contribution in [3.63, 3.8) is 0 Å². The first kappa shape index (κ1) is 35.1. The van der Waals surface area contributed by atoms with Crippen molar-refractivity contribution < 1.29 is 47.6 Å². The van der Waals surface area contributed by atoms with Crippen LogP contribution in [-0.2, 0) is 30.2 Å². The van der Waals surface area contributed by atoms with E-state index in [9.17, 15) is 19.2 Å². The second-order valence-corrected chi connectivity index (χ2v) is 12.8. The van der Waals surface area contributed by atoms with Gasteiger partial charge in [0.15, 0.2) is 11.5 Å². The van der Waals surface area contributed by atoms with Crippen LogP contribution in [0.15, 0.2) is 48.5 Å². The Balaban J connectivity index is 2.30. The van der Waals surface area contributed by atoms with Crippen LogP contribution in [0, 0.1) is 10.8 Å². The van der Waals surface area contributed by atoms with Crippen LogP contribution in [0.3, 0.4) is 0 Å². The Hall–Kier alpha value is -4.12. The number of nitrogens with two attached hydrogens (primary N) is 1. The normalized spacial score (nSPS) is 13.6. The molecule has 43 heavy (non-hydrogen) atoms. The molecule has 2 atom stereocenters. The number of carbonyl (C=O) groups excluding carboxylic acids is 4. The van der Waals surface area contributed by atoms with Gasteiger partial charge in [0.1, 0.15) is 11.6 Å². The van der Waals surface area contributed by atoms with Crippen LogP contribution in [-0.4, -0.2) is 56.2 Å². The minimum atomic E-state index is -1.64. The van der Waals surface area contributed by atoms with Gasteiger partial charge in [-0.2, -0.15) is 0 Å². The number of hydrogen-bond acceptors (Lipinski definition) is 11. The number of carbonyl (C=O) groups is 4. The van der Waals surface area contributed by atoms with Crippen molar-refractivity contribution in [3.05, 3.63) is 59.7 Å². The van der Waals surface area contributed by atoms with E-state index in [-0.39, 0.29) is 48.4 Å². The molecule has 0 aliphatic carbocycles. The Morgan fingerprint density at radius 2 is 1.33 bits per heavy atom. The van der Waals surface area contributed by atoms with Gasteiger partial charge in [-0.25, -0.2) is 14.4 Å². The lowest BCUT2D eigenvalue weighted by Gasteiger charge is -2.29. The first-order valence-electron chi connectivity index (χ1n) is 13.9. The number of benzene rings is 2. The lowest BCUT2D eigenvalue weighted by Crippen LogP contribution is -2.53. The molecule has 0 amide bonds. The summed E-state index contributed by atoms with van der Waals surface area (Å²) in [7, 11) is 1.20. The summed E-state index contributed by atoms with van der Waals surface area (Å²) in [5.41, 5.74) is 5.07. The molecule has 0 saturated heterocycles. The Kier molecular flexibility index (Phi) is 12.1. The van der Waals surface area contributed by atoms with E-state index in [1.54, 1.807) is 43.3 Å². The summed E-state index contributed by atoms with van der Waals surface area (Å²) in [6.45, 7) is 13.1. The van der Waals surface area contributed by atoms with Gasteiger partial charge in [-0.05, 0) is 47.6 Å². The van der Waals surface area contributed by atoms with Crippen LogP contribution in [0.2, 0.25) is 0 Å². The van der Waals surface area contributed by atoms with E-state index >= 15 is 0 Å². The van der Waals surface area contributed by atoms with Gasteiger partial charge in [0.25, 0.3) is 0 Å². The van der Waals surface area contributed by atoms with Gasteiger partial charge in [-0.15, -0.1) is 0 Å². The molecule has 236 valence electrons. The number of hydrogen-bond donors (Lipinski definition) is 1. The van der Waals surface area contributed by atoms with Gasteiger partial charge in [-0.3, -0.25) is 4.79 Å². The first-order chi connectivity index (χ1) is 19.9. The largest absolute Gasteiger partial charge is 0.513 e. The maximum atomic E-state index is 12.9. The van der Waals surface area contributed by atoms with E-state index < -0.39 is 35.9 Å². The molecule has 0 spiro atoms. The average molecular weight is 602 g/mol. The van der Waals surface area contributed by atoms with Crippen LogP contribution in [0.1, 0.15) is 70.8 Å². The monoisotopic (exact) mass is 601 g/mol. The van der Waals surface area contributed by atoms with Gasteiger partial charge >= 0.3 is 24.2 Å². The highest BCUT2D eigenvalue weighted by Gasteiger charge is 2.38. The SMILES string of the molecule is COC(=O)C(N)(Cc1ccc(OC(=O)OCC(C)(C)C)c(OC(=O)OCC(C)(C)C)c1)C[C@H](C)OC(=O)c1ccccc1. The standard InChI is InChI=1S/C32H43NO10/c1-21(41-26(34)23-12-10-9-11-13-23)17-32(33,27(35)38-8)18-22-14-15-24(42-28(36)39-19-30(2,3)4)25(16-22)43-29(37)40-20-31(5,6)7/h9-16,21H,17-20,33H2,1-8H3/t21-,32?/m0/s1. The van der Waals surface area contributed by atoms with E-state index in [1.165, 1.54) is 19.2 Å². The molecule has 0 saturated carbocycles. The Morgan fingerprint density at radius 3 is 1.84 bits per heavy atom. The fraction of sp³-hybridized carbons (Fsp3) is 0.500. The first-order valence-corrected chi connectivity index (χ1v) is 13.9. The quantitative estimate of drug-likeness (QED) is 0.187. The summed E-state index contributed by atoms with van der Waals surface area (Å²) in [5.74, 6) is -1.57. The summed E-state index contributed by atoms with van der Waals surface area (Å²) in [4.78, 5) is 50.3. The number of esters is 2. The average Bonchev–Trinajstić information content (AvgIpc) is 2.91. The second kappa shape index (κ2) is 14.9. The molecule has 2 N–H and O–H groups in total. The number of methoxy groups -OCH3 is 1. The van der Waals surface area contributed by atoms with Crippen molar-refractivity contribution >= 4 is 24.2 Å². The number of ether oxygens (including phenoxy) is 6. The van der Waals surface area contributed by atoms with Gasteiger partial charge < -0.3 is 34.2 Å². The molecule has 0 aromatic heterocycles. The van der Waals surface area contributed by atoms with Gasteiger partial charge in [0, 0.05) is 12.8 Å². The summed E-state index contributed by atoms with van der Waals surface area (Å²) in [6, 6.07) is 12.7. The predicted octanol–water partition coefficient (Wildman–Crippen LogP) is 5.86. The maximum Gasteiger partial charge on any atom is 0.513 e. The molecule has 2 aromatic rings. The third-order valence-electron chi connectivity index (χ3n) is 5.72. The lowest BCUT2D eigenvalue weighted by atomic mass is 9.86. The van der Waals surface area contributed by atoms with E-state index in [2.05, 4.69) is 0 Å². The Morgan fingerprint density at radius 1 is 0.791 bits per heavy atom. The van der Waals surface area contributed by atoms with Crippen molar-refractivity contribution in [1.82, 2.24) is 0 Å². The molecular formula is C32H43NO10. The van der Waals surface area contributed by atoms with Crippen molar-refractivity contribution in [3.8, 4) is 11.5 Å². The minimum absolute atomic E-state index is 0.0726. The lowest BCUT2D eigenvalue weighted by molar-refractivity contribution is -0.148. The molecule has 11 nitrogen and oxygen atoms in total. The predicted molar refractivity (Wildman–Crippen MR) is 158 cm³/mol. The second-order valence-electron chi connectivity index (χ2n) is 12.8. The van der Waals surface area contributed by atoms with Gasteiger partial charge in [0.2, 0.25) is 0 Å². The summed E-state index contributed by atoms with van der Waals surface area (Å²) in [5, 5.41) is 0.